The minimum Gasteiger partial charge on any atom is -0.481 e. The van der Waals surface area contributed by atoms with Crippen molar-refractivity contribution < 1.29 is 17.9 Å². The lowest BCUT2D eigenvalue weighted by Gasteiger charge is -2.11. The van der Waals surface area contributed by atoms with Gasteiger partial charge < -0.3 is 10.1 Å². The molecule has 0 spiro atoms. The number of halogens is 2. The van der Waals surface area contributed by atoms with Gasteiger partial charge in [-0.2, -0.15) is 0 Å². The summed E-state index contributed by atoms with van der Waals surface area (Å²) >= 11 is 13.3. The summed E-state index contributed by atoms with van der Waals surface area (Å²) in [5.74, 6) is -0.224. The van der Waals surface area contributed by atoms with E-state index in [2.05, 4.69) is 15.0 Å². The molecule has 29 heavy (non-hydrogen) atoms. The number of ether oxygens (including phenoxy) is 1. The number of nitrogens with zero attached hydrogens (tertiary/aromatic N) is 1. The Labute approximate surface area is 181 Å². The highest BCUT2D eigenvalue weighted by Crippen LogP contribution is 2.34. The van der Waals surface area contributed by atoms with E-state index in [0.717, 1.165) is 5.56 Å². The Morgan fingerprint density at radius 3 is 2.41 bits per heavy atom. The normalized spacial score (nSPS) is 11.1. The maximum absolute atomic E-state index is 12.3. The van der Waals surface area contributed by atoms with Gasteiger partial charge in [0.1, 0.15) is 0 Å². The Kier molecular flexibility index (Phi) is 6.63. The van der Waals surface area contributed by atoms with E-state index < -0.39 is 15.9 Å². The molecule has 1 amide bonds. The Morgan fingerprint density at radius 1 is 1.17 bits per heavy atom. The number of carbonyl (C=O) groups is 1. The molecule has 0 radical (unpaired) electrons. The molecule has 1 aromatic heterocycles. The number of carbonyl (C=O) groups excluding carboxylic acids is 1. The fourth-order valence-corrected chi connectivity index (χ4v) is 4.82. The summed E-state index contributed by atoms with van der Waals surface area (Å²) in [7, 11) is -3.76. The second kappa shape index (κ2) is 9.00. The zero-order valence-electron chi connectivity index (χ0n) is 15.0. The minimum absolute atomic E-state index is 0.0418. The third kappa shape index (κ3) is 5.60. The predicted molar refractivity (Wildman–Crippen MR) is 115 cm³/mol. The first-order valence-electron chi connectivity index (χ1n) is 8.15. The second-order valence-corrected chi connectivity index (χ2v) is 9.25. The van der Waals surface area contributed by atoms with Crippen molar-refractivity contribution in [2.75, 3.05) is 16.6 Å². The van der Waals surface area contributed by atoms with E-state index in [4.69, 9.17) is 27.9 Å². The molecule has 1 heterocycles. The molecule has 0 saturated heterocycles. The quantitative estimate of drug-likeness (QED) is 0.525. The van der Waals surface area contributed by atoms with Crippen LogP contribution in [0.2, 0.25) is 10.0 Å². The molecule has 2 N–H and O–H groups in total. The van der Waals surface area contributed by atoms with Crippen LogP contribution in [0.5, 0.6) is 5.75 Å². The van der Waals surface area contributed by atoms with E-state index in [1.165, 1.54) is 41.8 Å². The van der Waals surface area contributed by atoms with E-state index in [-0.39, 0.29) is 22.4 Å². The van der Waals surface area contributed by atoms with Crippen molar-refractivity contribution in [1.82, 2.24) is 4.98 Å². The van der Waals surface area contributed by atoms with Crippen molar-refractivity contribution in [3.05, 3.63) is 63.6 Å². The molecule has 11 heteroatoms. The average Bonchev–Trinajstić information content (AvgIpc) is 3.13. The third-order valence-electron chi connectivity index (χ3n) is 3.59. The lowest BCUT2D eigenvalue weighted by molar-refractivity contribution is -0.118. The minimum atomic E-state index is -3.76. The van der Waals surface area contributed by atoms with E-state index in [0.29, 0.717) is 15.7 Å². The number of anilines is 2. The van der Waals surface area contributed by atoms with Crippen LogP contribution in [0.4, 0.5) is 10.8 Å². The topological polar surface area (TPSA) is 97.4 Å². The van der Waals surface area contributed by atoms with Gasteiger partial charge >= 0.3 is 0 Å². The van der Waals surface area contributed by atoms with Crippen LogP contribution in [-0.2, 0) is 14.8 Å². The van der Waals surface area contributed by atoms with Crippen molar-refractivity contribution in [3.63, 3.8) is 0 Å². The van der Waals surface area contributed by atoms with E-state index in [1.807, 2.05) is 6.92 Å². The van der Waals surface area contributed by atoms with Crippen molar-refractivity contribution >= 4 is 61.3 Å². The van der Waals surface area contributed by atoms with Crippen LogP contribution in [0.25, 0.3) is 0 Å². The summed E-state index contributed by atoms with van der Waals surface area (Å²) in [6.07, 6.45) is 1.50. The molecule has 7 nitrogen and oxygen atoms in total. The third-order valence-corrected chi connectivity index (χ3v) is 6.33. The maximum Gasteiger partial charge on any atom is 0.263 e. The first-order valence-corrected chi connectivity index (χ1v) is 11.3. The maximum atomic E-state index is 12.3. The van der Waals surface area contributed by atoms with Crippen LogP contribution < -0.4 is 14.8 Å². The number of sulfonamides is 1. The average molecular weight is 472 g/mol. The first kappa shape index (κ1) is 21.4. The van der Waals surface area contributed by atoms with E-state index in [9.17, 15) is 13.2 Å². The number of aryl methyl sites for hydroxylation is 1. The molecule has 3 aromatic rings. The fraction of sp³-hybridized carbons (Fsp3) is 0.111. The number of benzene rings is 2. The van der Waals surface area contributed by atoms with Crippen LogP contribution in [0, 0.1) is 6.92 Å². The molecule has 0 saturated carbocycles. The molecule has 152 valence electrons. The molecule has 0 bridgehead atoms. The van der Waals surface area contributed by atoms with Gasteiger partial charge in [-0.15, -0.1) is 11.3 Å². The number of thiazole rings is 1. The van der Waals surface area contributed by atoms with Gasteiger partial charge in [-0.1, -0.05) is 23.2 Å². The molecule has 0 aliphatic heterocycles. The summed E-state index contributed by atoms with van der Waals surface area (Å²) in [5, 5.41) is 5.17. The van der Waals surface area contributed by atoms with Crippen LogP contribution in [0.15, 0.2) is 52.9 Å². The number of amides is 1. The van der Waals surface area contributed by atoms with Gasteiger partial charge in [0.05, 0.1) is 14.9 Å². The number of rotatable bonds is 7. The van der Waals surface area contributed by atoms with E-state index in [1.54, 1.807) is 17.5 Å². The Balaban J connectivity index is 1.60. The zero-order valence-corrected chi connectivity index (χ0v) is 18.1. The Bertz CT molecular complexity index is 1100. The van der Waals surface area contributed by atoms with Crippen molar-refractivity contribution in [3.8, 4) is 5.75 Å². The Morgan fingerprint density at radius 2 is 1.83 bits per heavy atom. The van der Waals surface area contributed by atoms with Gasteiger partial charge in [0.2, 0.25) is 0 Å². The number of hydrogen-bond donors (Lipinski definition) is 2. The van der Waals surface area contributed by atoms with Crippen molar-refractivity contribution in [1.29, 1.82) is 0 Å². The number of nitrogens with one attached hydrogen (secondary N) is 2. The van der Waals surface area contributed by atoms with Crippen molar-refractivity contribution in [2.45, 2.75) is 11.8 Å². The number of aromatic nitrogens is 1. The summed E-state index contributed by atoms with van der Waals surface area (Å²) in [6, 6.07) is 9.06. The first-order chi connectivity index (χ1) is 13.7. The second-order valence-electron chi connectivity index (χ2n) is 5.86. The monoisotopic (exact) mass is 471 g/mol. The largest absolute Gasteiger partial charge is 0.481 e. The molecule has 0 atom stereocenters. The molecular weight excluding hydrogens is 457 g/mol. The molecular formula is C18H15Cl2N3O4S2. The predicted octanol–water partition coefficient (Wildman–Crippen LogP) is 4.58. The highest BCUT2D eigenvalue weighted by atomic mass is 35.5. The van der Waals surface area contributed by atoms with Crippen LogP contribution >= 0.6 is 34.5 Å². The molecule has 0 unspecified atom stereocenters. The molecule has 2 aromatic carbocycles. The van der Waals surface area contributed by atoms with Gasteiger partial charge in [0, 0.05) is 17.3 Å². The zero-order chi connectivity index (χ0) is 21.0. The summed E-state index contributed by atoms with van der Waals surface area (Å²) in [4.78, 5) is 16.0. The van der Waals surface area contributed by atoms with Crippen molar-refractivity contribution in [2.24, 2.45) is 0 Å². The molecule has 0 fully saturated rings. The van der Waals surface area contributed by atoms with E-state index >= 15 is 0 Å². The molecule has 3 rings (SSSR count). The molecule has 0 aliphatic rings. The SMILES string of the molecule is Cc1cc(Cl)c(OCC(=O)Nc2ccc(S(=O)(=O)Nc3nccs3)cc2)c(Cl)c1. The standard InChI is InChI=1S/C18H15Cl2N3O4S2/c1-11-8-14(19)17(15(20)9-11)27-10-16(24)22-12-2-4-13(5-3-12)29(25,26)23-18-21-6-7-28-18/h2-9H,10H2,1H3,(H,21,23)(H,22,24). The van der Waals surface area contributed by atoms with Crippen LogP contribution in [0.3, 0.4) is 0 Å². The van der Waals surface area contributed by atoms with Gasteiger partial charge in [-0.25, -0.2) is 13.4 Å². The van der Waals surface area contributed by atoms with Crippen LogP contribution in [-0.4, -0.2) is 25.9 Å². The smallest absolute Gasteiger partial charge is 0.263 e. The summed E-state index contributed by atoms with van der Waals surface area (Å²) in [6.45, 7) is 1.53. The van der Waals surface area contributed by atoms with Gasteiger partial charge in [0.15, 0.2) is 17.5 Å². The number of hydrogen-bond acceptors (Lipinski definition) is 6. The van der Waals surface area contributed by atoms with Gasteiger partial charge in [-0.05, 0) is 48.9 Å². The van der Waals surface area contributed by atoms with Crippen LogP contribution in [0.1, 0.15) is 5.56 Å². The summed E-state index contributed by atoms with van der Waals surface area (Å²) < 4.78 is 32.4. The Hall–Kier alpha value is -2.33. The summed E-state index contributed by atoms with van der Waals surface area (Å²) in [5.41, 5.74) is 1.28. The van der Waals surface area contributed by atoms with Gasteiger partial charge in [-0.3, -0.25) is 9.52 Å². The molecule has 0 aliphatic carbocycles. The highest BCUT2D eigenvalue weighted by Gasteiger charge is 2.16. The fourth-order valence-electron chi connectivity index (χ4n) is 2.32. The highest BCUT2D eigenvalue weighted by molar-refractivity contribution is 7.93. The van der Waals surface area contributed by atoms with Gasteiger partial charge in [0.25, 0.3) is 15.9 Å². The lowest BCUT2D eigenvalue weighted by atomic mass is 10.2. The lowest BCUT2D eigenvalue weighted by Crippen LogP contribution is -2.20.